The first-order chi connectivity index (χ1) is 9.28. The smallest absolute Gasteiger partial charge is 0.130 e. The summed E-state index contributed by atoms with van der Waals surface area (Å²) < 4.78 is 0.610. The lowest BCUT2D eigenvalue weighted by Gasteiger charge is -2.07. The summed E-state index contributed by atoms with van der Waals surface area (Å²) in [6.45, 7) is 2.05. The number of aromatic nitrogens is 3. The van der Waals surface area contributed by atoms with E-state index in [4.69, 9.17) is 12.2 Å². The molecule has 0 aliphatic carbocycles. The molecule has 4 heteroatoms. The largest absolute Gasteiger partial charge is 0.343 e. The van der Waals surface area contributed by atoms with Crippen LogP contribution < -0.4 is 0 Å². The van der Waals surface area contributed by atoms with Gasteiger partial charge in [-0.3, -0.25) is 4.98 Å². The molecule has 2 aromatic heterocycles. The molecule has 0 bridgehead atoms. The van der Waals surface area contributed by atoms with E-state index in [1.807, 2.05) is 30.6 Å². The molecule has 3 rings (SSSR count). The lowest BCUT2D eigenvalue weighted by molar-refractivity contribution is 0.936. The first kappa shape index (κ1) is 12.0. The zero-order valence-electron chi connectivity index (χ0n) is 10.6. The van der Waals surface area contributed by atoms with E-state index in [0.29, 0.717) is 4.64 Å². The number of nitrogens with zero attached hydrogens (tertiary/aromatic N) is 2. The quantitative estimate of drug-likeness (QED) is 0.716. The van der Waals surface area contributed by atoms with E-state index >= 15 is 0 Å². The van der Waals surface area contributed by atoms with E-state index in [9.17, 15) is 0 Å². The fraction of sp³-hybridized carbons (Fsp3) is 0.133. The van der Waals surface area contributed by atoms with Crippen molar-refractivity contribution < 1.29 is 0 Å². The van der Waals surface area contributed by atoms with Crippen molar-refractivity contribution in [3.05, 3.63) is 53.2 Å². The predicted molar refractivity (Wildman–Crippen MR) is 79.5 cm³/mol. The fourth-order valence-corrected chi connectivity index (χ4v) is 2.38. The van der Waals surface area contributed by atoms with Gasteiger partial charge in [0.2, 0.25) is 0 Å². The standard InChI is InChI=1S/C15H13N3S/c1-2-14-17-13(7-15(19)18-14)12-9-16-8-10-5-3-4-6-11(10)12/h3-9H,2H2,1H3,(H,17,18,19). The van der Waals surface area contributed by atoms with Crippen LogP contribution in [0.25, 0.3) is 22.0 Å². The van der Waals surface area contributed by atoms with Gasteiger partial charge in [0.05, 0.1) is 5.69 Å². The Morgan fingerprint density at radius 1 is 1.21 bits per heavy atom. The molecule has 2 heterocycles. The Morgan fingerprint density at radius 2 is 2.05 bits per heavy atom. The number of aromatic amines is 1. The molecule has 1 N–H and O–H groups in total. The molecule has 3 aromatic rings. The van der Waals surface area contributed by atoms with Crippen molar-refractivity contribution in [2.24, 2.45) is 0 Å². The first-order valence-corrected chi connectivity index (χ1v) is 6.62. The minimum atomic E-state index is 0.610. The Morgan fingerprint density at radius 3 is 2.89 bits per heavy atom. The second-order valence-electron chi connectivity index (χ2n) is 4.34. The third kappa shape index (κ3) is 2.27. The predicted octanol–water partition coefficient (Wildman–Crippen LogP) is 3.92. The van der Waals surface area contributed by atoms with Gasteiger partial charge in [0.15, 0.2) is 0 Å². The van der Waals surface area contributed by atoms with Crippen molar-refractivity contribution in [2.45, 2.75) is 13.3 Å². The van der Waals surface area contributed by atoms with Crippen LogP contribution in [-0.2, 0) is 6.42 Å². The Balaban J connectivity index is 2.30. The summed E-state index contributed by atoms with van der Waals surface area (Å²) in [7, 11) is 0. The van der Waals surface area contributed by atoms with Gasteiger partial charge in [0, 0.05) is 29.8 Å². The summed E-state index contributed by atoms with van der Waals surface area (Å²) >= 11 is 5.22. The number of hydrogen-bond acceptors (Lipinski definition) is 3. The molecule has 0 unspecified atom stereocenters. The molecule has 0 amide bonds. The van der Waals surface area contributed by atoms with Gasteiger partial charge in [-0.1, -0.05) is 43.4 Å². The number of benzene rings is 1. The van der Waals surface area contributed by atoms with E-state index in [-0.39, 0.29) is 0 Å². The van der Waals surface area contributed by atoms with E-state index in [1.165, 1.54) is 0 Å². The van der Waals surface area contributed by atoms with Crippen LogP contribution in [0.2, 0.25) is 0 Å². The summed E-state index contributed by atoms with van der Waals surface area (Å²) in [5.41, 5.74) is 2.03. The molecule has 0 fully saturated rings. The number of nitrogens with one attached hydrogen (secondary N) is 1. The maximum absolute atomic E-state index is 5.22. The Bertz CT molecular complexity index is 787. The third-order valence-corrected chi connectivity index (χ3v) is 3.29. The Kier molecular flexibility index (Phi) is 3.09. The normalized spacial score (nSPS) is 10.8. The van der Waals surface area contributed by atoms with Crippen molar-refractivity contribution in [3.8, 4) is 11.3 Å². The molecular weight excluding hydrogens is 254 g/mol. The molecule has 1 aromatic carbocycles. The van der Waals surface area contributed by atoms with E-state index in [0.717, 1.165) is 34.3 Å². The van der Waals surface area contributed by atoms with Gasteiger partial charge >= 0.3 is 0 Å². The van der Waals surface area contributed by atoms with Crippen LogP contribution in [-0.4, -0.2) is 15.0 Å². The summed E-state index contributed by atoms with van der Waals surface area (Å²) in [6, 6.07) is 10.1. The highest BCUT2D eigenvalue weighted by molar-refractivity contribution is 7.71. The zero-order valence-corrected chi connectivity index (χ0v) is 11.4. The lowest BCUT2D eigenvalue weighted by atomic mass is 10.1. The highest BCUT2D eigenvalue weighted by Gasteiger charge is 2.06. The number of pyridine rings is 1. The van der Waals surface area contributed by atoms with Gasteiger partial charge in [0.25, 0.3) is 0 Å². The minimum Gasteiger partial charge on any atom is -0.343 e. The van der Waals surface area contributed by atoms with Crippen LogP contribution in [0.3, 0.4) is 0 Å². The van der Waals surface area contributed by atoms with Crippen LogP contribution in [0.15, 0.2) is 42.7 Å². The topological polar surface area (TPSA) is 41.6 Å². The summed E-state index contributed by atoms with van der Waals surface area (Å²) in [5, 5.41) is 2.28. The Hall–Kier alpha value is -2.07. The number of hydrogen-bond donors (Lipinski definition) is 1. The van der Waals surface area contributed by atoms with Gasteiger partial charge in [-0.15, -0.1) is 0 Å². The fourth-order valence-electron chi connectivity index (χ4n) is 2.15. The minimum absolute atomic E-state index is 0.610. The summed E-state index contributed by atoms with van der Waals surface area (Å²) in [4.78, 5) is 11.9. The van der Waals surface area contributed by atoms with E-state index < -0.39 is 0 Å². The number of H-pyrrole nitrogens is 1. The first-order valence-electron chi connectivity index (χ1n) is 6.21. The van der Waals surface area contributed by atoms with Gasteiger partial charge in [-0.25, -0.2) is 4.98 Å². The van der Waals surface area contributed by atoms with E-state index in [2.05, 4.69) is 34.0 Å². The average Bonchev–Trinajstić information content (AvgIpc) is 2.46. The highest BCUT2D eigenvalue weighted by atomic mass is 32.1. The van der Waals surface area contributed by atoms with Crippen LogP contribution in [0.5, 0.6) is 0 Å². The van der Waals surface area contributed by atoms with Crippen LogP contribution in [0, 0.1) is 4.64 Å². The molecule has 0 saturated carbocycles. The average molecular weight is 267 g/mol. The SMILES string of the molecule is CCc1nc(=S)cc(-c2cncc3ccccc23)[nH]1. The highest BCUT2D eigenvalue weighted by Crippen LogP contribution is 2.26. The van der Waals surface area contributed by atoms with Crippen molar-refractivity contribution >= 4 is 23.0 Å². The number of rotatable bonds is 2. The molecule has 0 aliphatic heterocycles. The van der Waals surface area contributed by atoms with Crippen LogP contribution >= 0.6 is 12.2 Å². The monoisotopic (exact) mass is 267 g/mol. The third-order valence-electron chi connectivity index (χ3n) is 3.09. The lowest BCUT2D eigenvalue weighted by Crippen LogP contribution is -1.96. The number of fused-ring (bicyclic) bond motifs is 1. The summed E-state index contributed by atoms with van der Waals surface area (Å²) in [6.07, 6.45) is 4.56. The molecule has 3 nitrogen and oxygen atoms in total. The van der Waals surface area contributed by atoms with Crippen molar-refractivity contribution in [1.29, 1.82) is 0 Å². The van der Waals surface area contributed by atoms with Gasteiger partial charge in [-0.2, -0.15) is 0 Å². The maximum Gasteiger partial charge on any atom is 0.130 e. The van der Waals surface area contributed by atoms with Crippen LogP contribution in [0.4, 0.5) is 0 Å². The molecule has 19 heavy (non-hydrogen) atoms. The molecule has 0 atom stereocenters. The molecule has 0 spiro atoms. The summed E-state index contributed by atoms with van der Waals surface area (Å²) in [5.74, 6) is 0.899. The maximum atomic E-state index is 5.22. The zero-order chi connectivity index (χ0) is 13.2. The van der Waals surface area contributed by atoms with E-state index in [1.54, 1.807) is 0 Å². The van der Waals surface area contributed by atoms with Crippen molar-refractivity contribution in [1.82, 2.24) is 15.0 Å². The van der Waals surface area contributed by atoms with Gasteiger partial charge in [0.1, 0.15) is 10.5 Å². The molecule has 0 aliphatic rings. The number of aryl methyl sites for hydroxylation is 1. The van der Waals surface area contributed by atoms with Crippen molar-refractivity contribution in [2.75, 3.05) is 0 Å². The second-order valence-corrected chi connectivity index (χ2v) is 4.76. The molecular formula is C15H13N3S. The molecule has 94 valence electrons. The van der Waals surface area contributed by atoms with Crippen LogP contribution in [0.1, 0.15) is 12.7 Å². The Labute approximate surface area is 116 Å². The second kappa shape index (κ2) is 4.90. The van der Waals surface area contributed by atoms with Gasteiger partial charge in [-0.05, 0) is 11.5 Å². The van der Waals surface area contributed by atoms with Gasteiger partial charge < -0.3 is 4.98 Å². The molecule has 0 saturated heterocycles. The molecule has 0 radical (unpaired) electrons. The van der Waals surface area contributed by atoms with Crippen molar-refractivity contribution in [3.63, 3.8) is 0 Å².